The summed E-state index contributed by atoms with van der Waals surface area (Å²) in [4.78, 5) is 11.4. The fourth-order valence-corrected chi connectivity index (χ4v) is 2.50. The van der Waals surface area contributed by atoms with Crippen LogP contribution in [-0.4, -0.2) is 5.78 Å². The van der Waals surface area contributed by atoms with E-state index in [9.17, 15) is 4.79 Å². The molecule has 1 aliphatic rings. The van der Waals surface area contributed by atoms with Crippen LogP contribution >= 0.6 is 0 Å². The molecule has 0 aromatic heterocycles. The molecule has 1 saturated carbocycles. The lowest BCUT2D eigenvalue weighted by Gasteiger charge is -2.35. The average Bonchev–Trinajstić information content (AvgIpc) is 2.15. The van der Waals surface area contributed by atoms with Gasteiger partial charge in [-0.2, -0.15) is 0 Å². The smallest absolute Gasteiger partial charge is 0.133 e. The summed E-state index contributed by atoms with van der Waals surface area (Å²) in [6, 6.07) is 0. The molecule has 0 heterocycles. The van der Waals surface area contributed by atoms with Gasteiger partial charge in [-0.3, -0.25) is 4.79 Å². The Morgan fingerprint density at radius 1 is 1.38 bits per heavy atom. The van der Waals surface area contributed by atoms with Crippen LogP contribution in [0.2, 0.25) is 0 Å². The quantitative estimate of drug-likeness (QED) is 0.647. The van der Waals surface area contributed by atoms with E-state index in [4.69, 9.17) is 0 Å². The van der Waals surface area contributed by atoms with Crippen LogP contribution < -0.4 is 0 Å². The molecule has 0 aliphatic heterocycles. The van der Waals surface area contributed by atoms with Crippen LogP contribution in [0.3, 0.4) is 0 Å². The molecule has 1 heteroatoms. The highest BCUT2D eigenvalue weighted by atomic mass is 16.1. The highest BCUT2D eigenvalue weighted by Gasteiger charge is 2.32. The fourth-order valence-electron chi connectivity index (χ4n) is 2.50. The number of rotatable bonds is 4. The van der Waals surface area contributed by atoms with Crippen molar-refractivity contribution in [1.82, 2.24) is 0 Å². The Balaban J connectivity index is 2.51. The molecule has 1 rings (SSSR count). The maximum absolute atomic E-state index is 11.4. The van der Waals surface area contributed by atoms with Crippen molar-refractivity contribution in [1.29, 1.82) is 0 Å². The summed E-state index contributed by atoms with van der Waals surface area (Å²) in [5, 5.41) is 0. The summed E-state index contributed by atoms with van der Waals surface area (Å²) < 4.78 is 0. The first kappa shape index (κ1) is 10.7. The summed E-state index contributed by atoms with van der Waals surface area (Å²) in [6.45, 7) is 4.47. The van der Waals surface area contributed by atoms with Crippen LogP contribution in [0.15, 0.2) is 0 Å². The van der Waals surface area contributed by atoms with Gasteiger partial charge >= 0.3 is 0 Å². The first-order chi connectivity index (χ1) is 6.22. The third kappa shape index (κ3) is 2.82. The van der Waals surface area contributed by atoms with Crippen LogP contribution in [-0.2, 0) is 4.79 Å². The second-order valence-electron chi connectivity index (χ2n) is 4.53. The molecule has 0 aromatic rings. The van der Waals surface area contributed by atoms with E-state index in [1.165, 1.54) is 32.1 Å². The van der Waals surface area contributed by atoms with Gasteiger partial charge in [0.25, 0.3) is 0 Å². The number of Topliss-reactive ketones (excluding diaryl/α,β-unsaturated/α-hetero) is 1. The number of carbonyl (C=O) groups is 1. The van der Waals surface area contributed by atoms with Crippen LogP contribution in [0.25, 0.3) is 0 Å². The molecule has 1 nitrogen and oxygen atoms in total. The summed E-state index contributed by atoms with van der Waals surface area (Å²) in [7, 11) is 0. The molecule has 0 saturated heterocycles. The molecule has 1 aliphatic carbocycles. The standard InChI is InChI=1S/C12H22O/c1-3-5-8-12(4-2)9-6-7-11(13)10-12/h3-10H2,1-2H3/t12-/m1/s1. The maximum Gasteiger partial charge on any atom is 0.133 e. The third-order valence-corrected chi connectivity index (χ3v) is 3.55. The van der Waals surface area contributed by atoms with Gasteiger partial charge in [-0.05, 0) is 24.7 Å². The molecule has 0 N–H and O–H groups in total. The van der Waals surface area contributed by atoms with Crippen LogP contribution in [0, 0.1) is 5.41 Å². The molecule has 0 spiro atoms. The molecule has 1 fully saturated rings. The number of unbranched alkanes of at least 4 members (excludes halogenated alkanes) is 1. The van der Waals surface area contributed by atoms with Gasteiger partial charge in [0.05, 0.1) is 0 Å². The maximum atomic E-state index is 11.4. The monoisotopic (exact) mass is 182 g/mol. The van der Waals surface area contributed by atoms with Crippen molar-refractivity contribution < 1.29 is 4.79 Å². The zero-order valence-electron chi connectivity index (χ0n) is 9.07. The largest absolute Gasteiger partial charge is 0.300 e. The molecule has 13 heavy (non-hydrogen) atoms. The molecule has 0 bridgehead atoms. The summed E-state index contributed by atoms with van der Waals surface area (Å²) >= 11 is 0. The minimum atomic E-state index is 0.394. The molecule has 0 unspecified atom stereocenters. The van der Waals surface area contributed by atoms with E-state index in [-0.39, 0.29) is 0 Å². The van der Waals surface area contributed by atoms with E-state index >= 15 is 0 Å². The first-order valence-electron chi connectivity index (χ1n) is 5.74. The molecular weight excluding hydrogens is 160 g/mol. The Morgan fingerprint density at radius 2 is 2.15 bits per heavy atom. The molecule has 76 valence electrons. The second-order valence-corrected chi connectivity index (χ2v) is 4.53. The first-order valence-corrected chi connectivity index (χ1v) is 5.74. The van der Waals surface area contributed by atoms with Crippen molar-refractivity contribution in [3.8, 4) is 0 Å². The Labute approximate surface area is 81.9 Å². The predicted molar refractivity (Wildman–Crippen MR) is 55.7 cm³/mol. The topological polar surface area (TPSA) is 17.1 Å². The summed E-state index contributed by atoms with van der Waals surface area (Å²) in [5.41, 5.74) is 0.394. The molecule has 0 aromatic carbocycles. The minimum Gasteiger partial charge on any atom is -0.300 e. The minimum absolute atomic E-state index is 0.394. The lowest BCUT2D eigenvalue weighted by atomic mass is 9.69. The third-order valence-electron chi connectivity index (χ3n) is 3.55. The van der Waals surface area contributed by atoms with E-state index in [0.717, 1.165) is 19.3 Å². The van der Waals surface area contributed by atoms with E-state index < -0.39 is 0 Å². The Morgan fingerprint density at radius 3 is 2.69 bits per heavy atom. The number of carbonyl (C=O) groups excluding carboxylic acids is 1. The van der Waals surface area contributed by atoms with Crippen molar-refractivity contribution in [2.75, 3.05) is 0 Å². The normalized spacial score (nSPS) is 29.2. The zero-order chi connectivity index (χ0) is 9.73. The Kier molecular flexibility index (Phi) is 3.95. The van der Waals surface area contributed by atoms with Gasteiger partial charge in [0.1, 0.15) is 5.78 Å². The zero-order valence-corrected chi connectivity index (χ0v) is 9.07. The van der Waals surface area contributed by atoms with E-state index in [1.54, 1.807) is 0 Å². The van der Waals surface area contributed by atoms with Gasteiger partial charge in [-0.25, -0.2) is 0 Å². The van der Waals surface area contributed by atoms with Gasteiger partial charge in [0.15, 0.2) is 0 Å². The van der Waals surface area contributed by atoms with Crippen LogP contribution in [0.1, 0.15) is 65.2 Å². The highest BCUT2D eigenvalue weighted by Crippen LogP contribution is 2.41. The number of ketones is 1. The van der Waals surface area contributed by atoms with E-state index in [2.05, 4.69) is 13.8 Å². The highest BCUT2D eigenvalue weighted by molar-refractivity contribution is 5.79. The van der Waals surface area contributed by atoms with E-state index in [0.29, 0.717) is 11.2 Å². The lowest BCUT2D eigenvalue weighted by molar-refractivity contribution is -0.124. The molecule has 0 amide bonds. The van der Waals surface area contributed by atoms with Gasteiger partial charge < -0.3 is 0 Å². The van der Waals surface area contributed by atoms with Crippen molar-refractivity contribution in [2.45, 2.75) is 65.2 Å². The van der Waals surface area contributed by atoms with Crippen LogP contribution in [0.5, 0.6) is 0 Å². The lowest BCUT2D eigenvalue weighted by Crippen LogP contribution is -2.28. The fraction of sp³-hybridized carbons (Fsp3) is 0.917. The van der Waals surface area contributed by atoms with Gasteiger partial charge in [0.2, 0.25) is 0 Å². The van der Waals surface area contributed by atoms with Crippen LogP contribution in [0.4, 0.5) is 0 Å². The SMILES string of the molecule is CCCC[C@]1(CC)CCCC(=O)C1. The van der Waals surface area contributed by atoms with Crippen molar-refractivity contribution in [2.24, 2.45) is 5.41 Å². The number of hydrogen-bond donors (Lipinski definition) is 0. The summed E-state index contributed by atoms with van der Waals surface area (Å²) in [6.07, 6.45) is 9.14. The number of hydrogen-bond acceptors (Lipinski definition) is 1. The average molecular weight is 182 g/mol. The van der Waals surface area contributed by atoms with Crippen molar-refractivity contribution in [3.05, 3.63) is 0 Å². The van der Waals surface area contributed by atoms with Gasteiger partial charge in [0, 0.05) is 12.8 Å². The summed E-state index contributed by atoms with van der Waals surface area (Å²) in [5.74, 6) is 0.504. The second kappa shape index (κ2) is 4.78. The van der Waals surface area contributed by atoms with Crippen molar-refractivity contribution in [3.63, 3.8) is 0 Å². The van der Waals surface area contributed by atoms with Gasteiger partial charge in [-0.15, -0.1) is 0 Å². The molecule has 0 radical (unpaired) electrons. The van der Waals surface area contributed by atoms with Gasteiger partial charge in [-0.1, -0.05) is 33.1 Å². The molecule has 1 atom stereocenters. The molecular formula is C12H22O. The van der Waals surface area contributed by atoms with Crippen molar-refractivity contribution >= 4 is 5.78 Å². The Bertz CT molecular complexity index is 174. The predicted octanol–water partition coefficient (Wildman–Crippen LogP) is 3.72. The Hall–Kier alpha value is -0.330. The van der Waals surface area contributed by atoms with E-state index in [1.807, 2.05) is 0 Å².